The summed E-state index contributed by atoms with van der Waals surface area (Å²) in [4.78, 5) is 0. The lowest BCUT2D eigenvalue weighted by molar-refractivity contribution is 0.107. The first kappa shape index (κ1) is 14.3. The molecule has 0 aromatic heterocycles. The molecule has 0 aliphatic carbocycles. The number of aliphatic hydroxyl groups is 1. The Bertz CT molecular complexity index is 612. The van der Waals surface area contributed by atoms with E-state index in [1.807, 2.05) is 30.3 Å². The van der Waals surface area contributed by atoms with Gasteiger partial charge in [0.2, 0.25) is 0 Å². The molecule has 2 nitrogen and oxygen atoms in total. The predicted molar refractivity (Wildman–Crippen MR) is 75.3 cm³/mol. The van der Waals surface area contributed by atoms with Gasteiger partial charge in [0.15, 0.2) is 0 Å². The third-order valence-corrected chi connectivity index (χ3v) is 2.65. The molecule has 2 aromatic carbocycles. The van der Waals surface area contributed by atoms with Crippen molar-refractivity contribution in [2.24, 2.45) is 0 Å². The number of aliphatic hydroxyl groups excluding tert-OH is 1. The van der Waals surface area contributed by atoms with Crippen molar-refractivity contribution in [3.8, 4) is 11.8 Å². The molecule has 0 unspecified atom stereocenters. The van der Waals surface area contributed by atoms with Gasteiger partial charge in [0.25, 0.3) is 0 Å². The second-order valence-electron chi connectivity index (χ2n) is 4.29. The minimum absolute atomic E-state index is 0.240. The highest BCUT2D eigenvalue weighted by Gasteiger charge is 2.00. The van der Waals surface area contributed by atoms with Gasteiger partial charge >= 0.3 is 0 Å². The van der Waals surface area contributed by atoms with Gasteiger partial charge in [0.1, 0.15) is 12.4 Å². The Labute approximate surface area is 117 Å². The molecule has 0 fully saturated rings. The van der Waals surface area contributed by atoms with Crippen LogP contribution in [0.5, 0.6) is 0 Å². The van der Waals surface area contributed by atoms with Gasteiger partial charge in [0.05, 0.1) is 13.2 Å². The maximum absolute atomic E-state index is 13.4. The van der Waals surface area contributed by atoms with Crippen molar-refractivity contribution in [2.45, 2.75) is 13.2 Å². The van der Waals surface area contributed by atoms with E-state index in [0.717, 1.165) is 11.1 Å². The van der Waals surface area contributed by atoms with Gasteiger partial charge in [-0.15, -0.1) is 0 Å². The van der Waals surface area contributed by atoms with E-state index >= 15 is 0 Å². The van der Waals surface area contributed by atoms with Crippen LogP contribution in [-0.2, 0) is 18.0 Å². The first-order chi connectivity index (χ1) is 9.78. The predicted octanol–water partition coefficient (Wildman–Crippen LogP) is 2.89. The summed E-state index contributed by atoms with van der Waals surface area (Å²) in [5, 5.41) is 8.64. The second-order valence-corrected chi connectivity index (χ2v) is 4.29. The van der Waals surface area contributed by atoms with Crippen molar-refractivity contribution in [1.82, 2.24) is 0 Å². The average Bonchev–Trinajstić information content (AvgIpc) is 2.46. The van der Waals surface area contributed by atoms with Crippen LogP contribution in [0.1, 0.15) is 16.7 Å². The molecule has 0 heterocycles. The van der Waals surface area contributed by atoms with Gasteiger partial charge in [0, 0.05) is 5.56 Å². The lowest BCUT2D eigenvalue weighted by Crippen LogP contribution is -1.95. The van der Waals surface area contributed by atoms with Crippen LogP contribution in [0, 0.1) is 17.7 Å². The molecule has 2 rings (SSSR count). The number of halogens is 1. The highest BCUT2D eigenvalue weighted by atomic mass is 19.1. The first-order valence-electron chi connectivity index (χ1n) is 6.29. The Morgan fingerprint density at radius 3 is 2.50 bits per heavy atom. The van der Waals surface area contributed by atoms with Crippen LogP contribution in [0.4, 0.5) is 4.39 Å². The maximum Gasteiger partial charge on any atom is 0.124 e. The van der Waals surface area contributed by atoms with Crippen LogP contribution in [0.2, 0.25) is 0 Å². The van der Waals surface area contributed by atoms with E-state index in [9.17, 15) is 4.39 Å². The number of ether oxygens (including phenoxy) is 1. The Morgan fingerprint density at radius 1 is 1.00 bits per heavy atom. The van der Waals surface area contributed by atoms with Crippen LogP contribution in [-0.4, -0.2) is 11.7 Å². The summed E-state index contributed by atoms with van der Waals surface area (Å²) in [6, 6.07) is 14.3. The highest BCUT2D eigenvalue weighted by Crippen LogP contribution is 2.11. The molecule has 0 saturated heterocycles. The number of rotatable bonds is 4. The SMILES string of the molecule is OCC#Cc1cc(F)cc(COCc2ccccc2)c1. The summed E-state index contributed by atoms with van der Waals surface area (Å²) >= 11 is 0. The zero-order chi connectivity index (χ0) is 14.2. The molecule has 3 heteroatoms. The van der Waals surface area contributed by atoms with Crippen LogP contribution < -0.4 is 0 Å². The molecule has 2 aromatic rings. The highest BCUT2D eigenvalue weighted by molar-refractivity contribution is 5.37. The summed E-state index contributed by atoms with van der Waals surface area (Å²) in [7, 11) is 0. The summed E-state index contributed by atoms with van der Waals surface area (Å²) in [6.07, 6.45) is 0. The van der Waals surface area contributed by atoms with Crippen molar-refractivity contribution >= 4 is 0 Å². The van der Waals surface area contributed by atoms with Crippen molar-refractivity contribution < 1.29 is 14.2 Å². The molecule has 1 N–H and O–H groups in total. The molecule has 0 bridgehead atoms. The molecule has 0 radical (unpaired) electrons. The van der Waals surface area contributed by atoms with Crippen LogP contribution >= 0.6 is 0 Å². The van der Waals surface area contributed by atoms with Gasteiger partial charge in [-0.3, -0.25) is 0 Å². The van der Waals surface area contributed by atoms with E-state index < -0.39 is 0 Å². The average molecular weight is 270 g/mol. The standard InChI is InChI=1S/C17H15FO2/c18-17-10-15(7-4-8-19)9-16(11-17)13-20-12-14-5-2-1-3-6-14/h1-3,5-6,9-11,19H,8,12-13H2. The van der Waals surface area contributed by atoms with E-state index in [4.69, 9.17) is 9.84 Å². The van der Waals surface area contributed by atoms with E-state index in [0.29, 0.717) is 18.8 Å². The molecule has 0 aliphatic heterocycles. The summed E-state index contributed by atoms with van der Waals surface area (Å²) in [5.41, 5.74) is 2.34. The van der Waals surface area contributed by atoms with Crippen LogP contribution in [0.15, 0.2) is 48.5 Å². The minimum Gasteiger partial charge on any atom is -0.384 e. The Morgan fingerprint density at radius 2 is 1.75 bits per heavy atom. The smallest absolute Gasteiger partial charge is 0.124 e. The van der Waals surface area contributed by atoms with Crippen molar-refractivity contribution in [2.75, 3.05) is 6.61 Å². The summed E-state index contributed by atoms with van der Waals surface area (Å²) in [5.74, 6) is 4.83. The lowest BCUT2D eigenvalue weighted by Gasteiger charge is -2.05. The van der Waals surface area contributed by atoms with Gasteiger partial charge < -0.3 is 9.84 Å². The number of hydrogen-bond acceptors (Lipinski definition) is 2. The van der Waals surface area contributed by atoms with E-state index in [1.165, 1.54) is 12.1 Å². The zero-order valence-corrected chi connectivity index (χ0v) is 11.0. The monoisotopic (exact) mass is 270 g/mol. The van der Waals surface area contributed by atoms with Crippen molar-refractivity contribution in [3.63, 3.8) is 0 Å². The fourth-order valence-corrected chi connectivity index (χ4v) is 1.81. The molecule has 0 aliphatic rings. The Balaban J connectivity index is 1.97. The first-order valence-corrected chi connectivity index (χ1v) is 6.29. The van der Waals surface area contributed by atoms with Crippen molar-refractivity contribution in [1.29, 1.82) is 0 Å². The molecule has 102 valence electrons. The van der Waals surface area contributed by atoms with Gasteiger partial charge in [-0.25, -0.2) is 4.39 Å². The Kier molecular flexibility index (Phi) is 5.31. The minimum atomic E-state index is -0.354. The maximum atomic E-state index is 13.4. The third-order valence-electron chi connectivity index (χ3n) is 2.65. The summed E-state index contributed by atoms with van der Waals surface area (Å²) in [6.45, 7) is 0.561. The van der Waals surface area contributed by atoms with Gasteiger partial charge in [-0.2, -0.15) is 0 Å². The summed E-state index contributed by atoms with van der Waals surface area (Å²) < 4.78 is 19.0. The molecule has 0 saturated carbocycles. The molecule has 20 heavy (non-hydrogen) atoms. The van der Waals surface area contributed by atoms with E-state index in [2.05, 4.69) is 11.8 Å². The van der Waals surface area contributed by atoms with Gasteiger partial charge in [-0.1, -0.05) is 42.2 Å². The number of benzene rings is 2. The fraction of sp³-hybridized carbons (Fsp3) is 0.176. The van der Waals surface area contributed by atoms with Crippen LogP contribution in [0.25, 0.3) is 0 Å². The van der Waals surface area contributed by atoms with E-state index in [-0.39, 0.29) is 12.4 Å². The molecule has 0 amide bonds. The molecular weight excluding hydrogens is 255 g/mol. The quantitative estimate of drug-likeness (QED) is 0.866. The van der Waals surface area contributed by atoms with Crippen molar-refractivity contribution in [3.05, 3.63) is 71.0 Å². The molecular formula is C17H15FO2. The van der Waals surface area contributed by atoms with Crippen LogP contribution in [0.3, 0.4) is 0 Å². The zero-order valence-electron chi connectivity index (χ0n) is 11.0. The topological polar surface area (TPSA) is 29.5 Å². The normalized spacial score (nSPS) is 9.90. The molecule has 0 spiro atoms. The third kappa shape index (κ3) is 4.51. The fourth-order valence-electron chi connectivity index (χ4n) is 1.81. The van der Waals surface area contributed by atoms with E-state index in [1.54, 1.807) is 6.07 Å². The second kappa shape index (κ2) is 7.44. The number of hydrogen-bond donors (Lipinski definition) is 1. The van der Waals surface area contributed by atoms with Gasteiger partial charge in [-0.05, 0) is 29.3 Å². The molecule has 0 atom stereocenters. The largest absolute Gasteiger partial charge is 0.384 e. The lowest BCUT2D eigenvalue weighted by atomic mass is 10.1. The Hall–Kier alpha value is -2.15.